The van der Waals surface area contributed by atoms with Crippen molar-refractivity contribution in [2.75, 3.05) is 5.73 Å². The van der Waals surface area contributed by atoms with Crippen molar-refractivity contribution in [3.05, 3.63) is 16.5 Å². The van der Waals surface area contributed by atoms with E-state index in [4.69, 9.17) is 5.73 Å². The van der Waals surface area contributed by atoms with Gasteiger partial charge in [0, 0.05) is 18.5 Å². The highest BCUT2D eigenvalue weighted by Crippen LogP contribution is 2.21. The van der Waals surface area contributed by atoms with Crippen LogP contribution in [0.25, 0.3) is 11.4 Å². The molecule has 0 unspecified atom stereocenters. The Morgan fingerprint density at radius 1 is 1.46 bits per heavy atom. The van der Waals surface area contributed by atoms with E-state index in [0.29, 0.717) is 5.82 Å². The van der Waals surface area contributed by atoms with Crippen LogP contribution in [-0.2, 0) is 7.05 Å². The number of aryl methyl sites for hydroxylation is 2. The minimum atomic E-state index is 0.653. The summed E-state index contributed by atoms with van der Waals surface area (Å²) in [5.41, 5.74) is 7.40. The molecule has 13 heavy (non-hydrogen) atoms. The molecule has 0 aliphatic carbocycles. The van der Waals surface area contributed by atoms with E-state index in [1.807, 2.05) is 25.4 Å². The first-order valence-corrected chi connectivity index (χ1v) is 4.77. The number of thiazole rings is 1. The molecule has 0 aromatic carbocycles. The van der Waals surface area contributed by atoms with Crippen LogP contribution in [0.4, 0.5) is 5.82 Å². The van der Waals surface area contributed by atoms with Crippen LogP contribution in [0.2, 0.25) is 0 Å². The molecular formula is C8H10N4S. The molecule has 0 bridgehead atoms. The van der Waals surface area contributed by atoms with Gasteiger partial charge in [-0.3, -0.25) is 4.68 Å². The van der Waals surface area contributed by atoms with Crippen molar-refractivity contribution >= 4 is 17.2 Å². The van der Waals surface area contributed by atoms with Gasteiger partial charge in [-0.2, -0.15) is 5.10 Å². The third kappa shape index (κ3) is 1.42. The molecule has 2 heterocycles. The Bertz CT molecular complexity index is 410. The van der Waals surface area contributed by atoms with Gasteiger partial charge in [0.25, 0.3) is 0 Å². The first-order chi connectivity index (χ1) is 6.16. The monoisotopic (exact) mass is 194 g/mol. The van der Waals surface area contributed by atoms with Crippen molar-refractivity contribution in [3.8, 4) is 11.4 Å². The van der Waals surface area contributed by atoms with Crippen LogP contribution in [0.3, 0.4) is 0 Å². The maximum Gasteiger partial charge on any atom is 0.122 e. The molecule has 0 spiro atoms. The van der Waals surface area contributed by atoms with Gasteiger partial charge >= 0.3 is 0 Å². The van der Waals surface area contributed by atoms with E-state index in [0.717, 1.165) is 16.4 Å². The largest absolute Gasteiger partial charge is 0.384 e. The van der Waals surface area contributed by atoms with Gasteiger partial charge < -0.3 is 5.73 Å². The number of nitrogens with two attached hydrogens (primary N) is 1. The molecule has 2 N–H and O–H groups in total. The molecular weight excluding hydrogens is 184 g/mol. The zero-order valence-corrected chi connectivity index (χ0v) is 8.30. The summed E-state index contributed by atoms with van der Waals surface area (Å²) in [5.74, 6) is 0.653. The highest BCUT2D eigenvalue weighted by Gasteiger charge is 2.07. The Kier molecular flexibility index (Phi) is 1.81. The molecule has 0 saturated carbocycles. The summed E-state index contributed by atoms with van der Waals surface area (Å²) < 4.78 is 1.64. The van der Waals surface area contributed by atoms with Crippen molar-refractivity contribution < 1.29 is 0 Å². The van der Waals surface area contributed by atoms with E-state index < -0.39 is 0 Å². The Hall–Kier alpha value is -1.36. The van der Waals surface area contributed by atoms with Crippen LogP contribution < -0.4 is 5.73 Å². The van der Waals surface area contributed by atoms with Crippen molar-refractivity contribution in [2.45, 2.75) is 6.92 Å². The fourth-order valence-corrected chi connectivity index (χ4v) is 1.69. The lowest BCUT2D eigenvalue weighted by molar-refractivity contribution is 0.781. The Labute approximate surface area is 80.0 Å². The fraction of sp³-hybridized carbons (Fsp3) is 0.250. The molecule has 0 saturated heterocycles. The second kappa shape index (κ2) is 2.85. The van der Waals surface area contributed by atoms with Gasteiger partial charge in [-0.05, 0) is 6.92 Å². The summed E-state index contributed by atoms with van der Waals surface area (Å²) in [6, 6.07) is 1.83. The molecule has 2 rings (SSSR count). The van der Waals surface area contributed by atoms with Gasteiger partial charge in [-0.15, -0.1) is 11.3 Å². The van der Waals surface area contributed by atoms with Gasteiger partial charge in [0.05, 0.1) is 5.01 Å². The molecule has 0 aliphatic rings. The third-order valence-corrected chi connectivity index (χ3v) is 2.57. The standard InChI is InChI=1S/C8H10N4S/c1-5-10-7(4-13-5)6-3-8(9)12(2)11-6/h3-4H,9H2,1-2H3. The van der Waals surface area contributed by atoms with E-state index in [-0.39, 0.29) is 0 Å². The maximum atomic E-state index is 5.66. The summed E-state index contributed by atoms with van der Waals surface area (Å²) >= 11 is 1.61. The molecule has 68 valence electrons. The topological polar surface area (TPSA) is 56.7 Å². The molecule has 5 heteroatoms. The van der Waals surface area contributed by atoms with Gasteiger partial charge in [-0.25, -0.2) is 4.98 Å². The van der Waals surface area contributed by atoms with Crippen molar-refractivity contribution in [2.24, 2.45) is 7.05 Å². The summed E-state index contributed by atoms with van der Waals surface area (Å²) in [6.07, 6.45) is 0. The average Bonchev–Trinajstić information content (AvgIpc) is 2.61. The fourth-order valence-electron chi connectivity index (χ4n) is 1.09. The lowest BCUT2D eigenvalue weighted by atomic mass is 10.3. The summed E-state index contributed by atoms with van der Waals surface area (Å²) in [5, 5.41) is 7.25. The average molecular weight is 194 g/mol. The maximum absolute atomic E-state index is 5.66. The van der Waals surface area contributed by atoms with E-state index in [2.05, 4.69) is 10.1 Å². The molecule has 0 fully saturated rings. The zero-order chi connectivity index (χ0) is 9.42. The molecule has 0 radical (unpaired) electrons. The molecule has 2 aromatic heterocycles. The van der Waals surface area contributed by atoms with Gasteiger partial charge in [0.2, 0.25) is 0 Å². The summed E-state index contributed by atoms with van der Waals surface area (Å²) in [7, 11) is 1.82. The number of hydrogen-bond donors (Lipinski definition) is 1. The van der Waals surface area contributed by atoms with Gasteiger partial charge in [0.15, 0.2) is 0 Å². The Morgan fingerprint density at radius 2 is 2.23 bits per heavy atom. The molecule has 0 amide bonds. The molecule has 0 aliphatic heterocycles. The summed E-state index contributed by atoms with van der Waals surface area (Å²) in [4.78, 5) is 4.32. The van der Waals surface area contributed by atoms with Crippen LogP contribution in [0, 0.1) is 6.92 Å². The summed E-state index contributed by atoms with van der Waals surface area (Å²) in [6.45, 7) is 1.97. The predicted octanol–water partition coefficient (Wildman–Crippen LogP) is 1.43. The number of aromatic nitrogens is 3. The first-order valence-electron chi connectivity index (χ1n) is 3.89. The highest BCUT2D eigenvalue weighted by molar-refractivity contribution is 7.09. The van der Waals surface area contributed by atoms with Crippen LogP contribution >= 0.6 is 11.3 Å². The molecule has 4 nitrogen and oxygen atoms in total. The Morgan fingerprint density at radius 3 is 2.69 bits per heavy atom. The normalized spacial score (nSPS) is 10.6. The number of nitrogens with zero attached hydrogens (tertiary/aromatic N) is 3. The van der Waals surface area contributed by atoms with Crippen LogP contribution in [0.5, 0.6) is 0 Å². The van der Waals surface area contributed by atoms with Crippen molar-refractivity contribution in [3.63, 3.8) is 0 Å². The Balaban J connectivity index is 2.46. The lowest BCUT2D eigenvalue weighted by Gasteiger charge is -1.88. The second-order valence-corrected chi connectivity index (χ2v) is 3.89. The van der Waals surface area contributed by atoms with Crippen molar-refractivity contribution in [1.82, 2.24) is 14.8 Å². The lowest BCUT2D eigenvalue weighted by Crippen LogP contribution is -1.96. The van der Waals surface area contributed by atoms with Crippen LogP contribution in [0.15, 0.2) is 11.4 Å². The SMILES string of the molecule is Cc1nc(-c2cc(N)n(C)n2)cs1. The highest BCUT2D eigenvalue weighted by atomic mass is 32.1. The number of anilines is 1. The minimum Gasteiger partial charge on any atom is -0.384 e. The van der Waals surface area contributed by atoms with Gasteiger partial charge in [0.1, 0.15) is 17.2 Å². The molecule has 0 atom stereocenters. The minimum absolute atomic E-state index is 0.653. The second-order valence-electron chi connectivity index (χ2n) is 2.83. The van der Waals surface area contributed by atoms with E-state index >= 15 is 0 Å². The van der Waals surface area contributed by atoms with E-state index in [1.165, 1.54) is 0 Å². The predicted molar refractivity (Wildman–Crippen MR) is 53.5 cm³/mol. The smallest absolute Gasteiger partial charge is 0.122 e. The quantitative estimate of drug-likeness (QED) is 0.747. The molecule has 2 aromatic rings. The van der Waals surface area contributed by atoms with Crippen molar-refractivity contribution in [1.29, 1.82) is 0 Å². The van der Waals surface area contributed by atoms with Crippen LogP contribution in [-0.4, -0.2) is 14.8 Å². The zero-order valence-electron chi connectivity index (χ0n) is 7.48. The third-order valence-electron chi connectivity index (χ3n) is 1.80. The van der Waals surface area contributed by atoms with Gasteiger partial charge in [-0.1, -0.05) is 0 Å². The number of hydrogen-bond acceptors (Lipinski definition) is 4. The van der Waals surface area contributed by atoms with E-state index in [1.54, 1.807) is 16.0 Å². The number of rotatable bonds is 1. The first kappa shape index (κ1) is 8.25. The number of nitrogen functional groups attached to an aromatic ring is 1. The van der Waals surface area contributed by atoms with E-state index in [9.17, 15) is 0 Å². The van der Waals surface area contributed by atoms with Crippen LogP contribution in [0.1, 0.15) is 5.01 Å².